The third-order valence-corrected chi connectivity index (χ3v) is 4.75. The van der Waals surface area contributed by atoms with Crippen molar-refractivity contribution >= 4 is 28.7 Å². The summed E-state index contributed by atoms with van der Waals surface area (Å²) in [6.07, 6.45) is 4.07. The van der Waals surface area contributed by atoms with Gasteiger partial charge in [0.25, 0.3) is 5.91 Å². The highest BCUT2D eigenvalue weighted by atomic mass is 16.2. The molecule has 31 heavy (non-hydrogen) atoms. The molecule has 3 aromatic rings. The summed E-state index contributed by atoms with van der Waals surface area (Å²) in [5.41, 5.74) is 2.59. The minimum atomic E-state index is 0.00651. The fraction of sp³-hybridized carbons (Fsp3) is 0.381. The van der Waals surface area contributed by atoms with E-state index in [0.717, 1.165) is 34.8 Å². The van der Waals surface area contributed by atoms with Gasteiger partial charge in [-0.05, 0) is 24.1 Å². The van der Waals surface area contributed by atoms with Crippen LogP contribution in [0.5, 0.6) is 0 Å². The molecule has 2 heterocycles. The topological polar surface area (TPSA) is 112 Å². The van der Waals surface area contributed by atoms with Crippen LogP contribution in [-0.2, 0) is 13.5 Å². The molecule has 0 aliphatic heterocycles. The first-order valence-corrected chi connectivity index (χ1v) is 10.1. The van der Waals surface area contributed by atoms with Crippen LogP contribution in [0.15, 0.2) is 41.8 Å². The molecule has 3 N–H and O–H groups in total. The average molecular weight is 424 g/mol. The number of rotatable bonds is 8. The second-order valence-corrected chi connectivity index (χ2v) is 7.23. The molecule has 0 saturated heterocycles. The highest BCUT2D eigenvalue weighted by Gasteiger charge is 2.09. The molecule has 0 radical (unpaired) electrons. The third-order valence-electron chi connectivity index (χ3n) is 4.75. The van der Waals surface area contributed by atoms with Crippen LogP contribution in [0.1, 0.15) is 15.9 Å². The van der Waals surface area contributed by atoms with Gasteiger partial charge in [0.2, 0.25) is 0 Å². The summed E-state index contributed by atoms with van der Waals surface area (Å²) < 4.78 is 1.72. The van der Waals surface area contributed by atoms with Crippen LogP contribution >= 0.6 is 0 Å². The summed E-state index contributed by atoms with van der Waals surface area (Å²) in [6.45, 7) is 2.03. The molecule has 0 bridgehead atoms. The molecule has 0 atom stereocenters. The summed E-state index contributed by atoms with van der Waals surface area (Å²) in [6, 6.07) is 7.71. The number of aromatic nitrogens is 4. The Labute approximate surface area is 181 Å². The molecule has 3 rings (SSSR count). The Balaban J connectivity index is 1.43. The molecular formula is C21H29N9O. The van der Waals surface area contributed by atoms with E-state index in [4.69, 9.17) is 0 Å². The fourth-order valence-electron chi connectivity index (χ4n) is 3.13. The number of benzene rings is 1. The van der Waals surface area contributed by atoms with Crippen molar-refractivity contribution in [2.24, 2.45) is 12.0 Å². The predicted molar refractivity (Wildman–Crippen MR) is 122 cm³/mol. The number of carbonyl (C=O) groups is 1. The maximum absolute atomic E-state index is 12.1. The Morgan fingerprint density at radius 3 is 2.74 bits per heavy atom. The number of nitrogens with one attached hydrogen (secondary N) is 3. The minimum Gasteiger partial charge on any atom is -0.368 e. The van der Waals surface area contributed by atoms with Gasteiger partial charge in [-0.1, -0.05) is 12.1 Å². The van der Waals surface area contributed by atoms with Crippen molar-refractivity contribution in [1.29, 1.82) is 0 Å². The number of hydrogen-bond acceptors (Lipinski definition) is 6. The molecule has 0 aliphatic rings. The fourth-order valence-corrected chi connectivity index (χ4v) is 3.13. The van der Waals surface area contributed by atoms with E-state index in [0.29, 0.717) is 25.2 Å². The van der Waals surface area contributed by atoms with Gasteiger partial charge in [-0.15, -0.1) is 0 Å². The van der Waals surface area contributed by atoms with Crippen molar-refractivity contribution in [3.8, 4) is 0 Å². The normalized spacial score (nSPS) is 11.4. The second kappa shape index (κ2) is 10.4. The number of aliphatic imine (C=N–C) groups is 1. The highest BCUT2D eigenvalue weighted by molar-refractivity contribution is 5.94. The zero-order valence-corrected chi connectivity index (χ0v) is 18.4. The van der Waals surface area contributed by atoms with E-state index in [-0.39, 0.29) is 5.91 Å². The van der Waals surface area contributed by atoms with Gasteiger partial charge >= 0.3 is 0 Å². The monoisotopic (exact) mass is 423 g/mol. The average Bonchev–Trinajstić information content (AvgIpc) is 3.16. The SMILES string of the molecule is CN=C(NCCNc1ncnc2c1cnn2C)NCCc1cccc(C(=O)N(C)C)c1. The molecule has 2 aromatic heterocycles. The van der Waals surface area contributed by atoms with Crippen LogP contribution in [0, 0.1) is 0 Å². The molecule has 1 amide bonds. The van der Waals surface area contributed by atoms with E-state index in [1.54, 1.807) is 36.9 Å². The van der Waals surface area contributed by atoms with Gasteiger partial charge in [0, 0.05) is 53.4 Å². The smallest absolute Gasteiger partial charge is 0.253 e. The Morgan fingerprint density at radius 2 is 1.97 bits per heavy atom. The number of carbonyl (C=O) groups excluding carboxylic acids is 1. The summed E-state index contributed by atoms with van der Waals surface area (Å²) >= 11 is 0. The lowest BCUT2D eigenvalue weighted by molar-refractivity contribution is 0.0827. The van der Waals surface area contributed by atoms with E-state index in [1.807, 2.05) is 31.3 Å². The van der Waals surface area contributed by atoms with Gasteiger partial charge in [0.1, 0.15) is 12.1 Å². The van der Waals surface area contributed by atoms with Crippen molar-refractivity contribution in [3.63, 3.8) is 0 Å². The van der Waals surface area contributed by atoms with E-state index < -0.39 is 0 Å². The Kier molecular flexibility index (Phi) is 7.36. The second-order valence-electron chi connectivity index (χ2n) is 7.23. The van der Waals surface area contributed by atoms with Crippen LogP contribution in [-0.4, -0.2) is 77.3 Å². The van der Waals surface area contributed by atoms with Gasteiger partial charge in [-0.25, -0.2) is 9.97 Å². The molecule has 0 spiro atoms. The standard InChI is InChI=1S/C21H29N9O/c1-22-21(24-9-8-15-6-5-7-16(12-15)20(31)29(2)3)25-11-10-23-18-17-13-28-30(4)19(17)27-14-26-18/h5-7,12-14H,8-11H2,1-4H3,(H2,22,24,25)(H,23,26,27). The molecule has 0 unspecified atom stereocenters. The molecule has 164 valence electrons. The van der Waals surface area contributed by atoms with Crippen molar-refractivity contribution in [2.45, 2.75) is 6.42 Å². The van der Waals surface area contributed by atoms with Gasteiger partial charge < -0.3 is 20.9 Å². The number of amides is 1. The molecular weight excluding hydrogens is 394 g/mol. The van der Waals surface area contributed by atoms with E-state index in [1.165, 1.54) is 6.33 Å². The van der Waals surface area contributed by atoms with Crippen LogP contribution in [0.2, 0.25) is 0 Å². The molecule has 1 aromatic carbocycles. The Bertz CT molecular complexity index is 1060. The first-order chi connectivity index (χ1) is 15.0. The van der Waals surface area contributed by atoms with Crippen molar-refractivity contribution in [1.82, 2.24) is 35.3 Å². The van der Waals surface area contributed by atoms with Crippen molar-refractivity contribution in [2.75, 3.05) is 46.1 Å². The number of hydrogen-bond donors (Lipinski definition) is 3. The van der Waals surface area contributed by atoms with Crippen molar-refractivity contribution in [3.05, 3.63) is 47.9 Å². The summed E-state index contributed by atoms with van der Waals surface area (Å²) in [7, 11) is 7.10. The Morgan fingerprint density at radius 1 is 1.16 bits per heavy atom. The van der Waals surface area contributed by atoms with Gasteiger partial charge in [0.05, 0.1) is 11.6 Å². The number of guanidine groups is 1. The van der Waals surface area contributed by atoms with E-state index in [9.17, 15) is 4.79 Å². The third kappa shape index (κ3) is 5.68. The number of anilines is 1. The lowest BCUT2D eigenvalue weighted by Crippen LogP contribution is -2.40. The molecule has 0 saturated carbocycles. The first-order valence-electron chi connectivity index (χ1n) is 10.1. The molecule has 0 fully saturated rings. The van der Waals surface area contributed by atoms with E-state index in [2.05, 4.69) is 36.0 Å². The van der Waals surface area contributed by atoms with Crippen LogP contribution in [0.4, 0.5) is 5.82 Å². The lowest BCUT2D eigenvalue weighted by atomic mass is 10.1. The largest absolute Gasteiger partial charge is 0.368 e. The summed E-state index contributed by atoms with van der Waals surface area (Å²) in [4.78, 5) is 26.5. The van der Waals surface area contributed by atoms with Crippen LogP contribution in [0.3, 0.4) is 0 Å². The number of fused-ring (bicyclic) bond motifs is 1. The molecule has 0 aliphatic carbocycles. The van der Waals surface area contributed by atoms with Gasteiger partial charge in [0.15, 0.2) is 11.6 Å². The zero-order valence-electron chi connectivity index (χ0n) is 18.4. The van der Waals surface area contributed by atoms with Crippen LogP contribution in [0.25, 0.3) is 11.0 Å². The molecule has 10 heteroatoms. The van der Waals surface area contributed by atoms with Crippen molar-refractivity contribution < 1.29 is 4.79 Å². The number of aryl methyl sites for hydroxylation is 1. The summed E-state index contributed by atoms with van der Waals surface area (Å²) in [5, 5.41) is 15.0. The Hall–Kier alpha value is -3.69. The zero-order chi connectivity index (χ0) is 22.2. The predicted octanol–water partition coefficient (Wildman–Crippen LogP) is 0.885. The minimum absolute atomic E-state index is 0.00651. The highest BCUT2D eigenvalue weighted by Crippen LogP contribution is 2.17. The van der Waals surface area contributed by atoms with Gasteiger partial charge in [-0.3, -0.25) is 14.5 Å². The lowest BCUT2D eigenvalue weighted by Gasteiger charge is -2.13. The van der Waals surface area contributed by atoms with E-state index >= 15 is 0 Å². The van der Waals surface area contributed by atoms with Gasteiger partial charge in [-0.2, -0.15) is 5.10 Å². The van der Waals surface area contributed by atoms with Crippen LogP contribution < -0.4 is 16.0 Å². The maximum atomic E-state index is 12.1. The quantitative estimate of drug-likeness (QED) is 0.280. The first kappa shape index (κ1) is 22.0. The number of nitrogens with zero attached hydrogens (tertiary/aromatic N) is 6. The summed E-state index contributed by atoms with van der Waals surface area (Å²) in [5.74, 6) is 1.48. The molecule has 10 nitrogen and oxygen atoms in total. The maximum Gasteiger partial charge on any atom is 0.253 e.